The van der Waals surface area contributed by atoms with Crippen LogP contribution in [0.5, 0.6) is 0 Å². The van der Waals surface area contributed by atoms with Crippen LogP contribution >= 0.6 is 0 Å². The van der Waals surface area contributed by atoms with Crippen LogP contribution in [0, 0.1) is 0 Å². The van der Waals surface area contributed by atoms with Gasteiger partial charge in [-0.1, -0.05) is 0 Å². The van der Waals surface area contributed by atoms with Gasteiger partial charge in [0.05, 0.1) is 6.54 Å². The molecule has 0 saturated carbocycles. The van der Waals surface area contributed by atoms with E-state index in [0.29, 0.717) is 31.3 Å². The van der Waals surface area contributed by atoms with Crippen LogP contribution in [0.3, 0.4) is 0 Å². The van der Waals surface area contributed by atoms with Gasteiger partial charge in [0, 0.05) is 32.1 Å². The molecule has 2 heterocycles. The quantitative estimate of drug-likeness (QED) is 0.726. The number of hydrogen-bond acceptors (Lipinski definition) is 4. The van der Waals surface area contributed by atoms with Crippen molar-refractivity contribution in [3.05, 3.63) is 0 Å². The maximum absolute atomic E-state index is 12.1. The second kappa shape index (κ2) is 5.49. The van der Waals surface area contributed by atoms with E-state index in [9.17, 15) is 9.59 Å². The van der Waals surface area contributed by atoms with Crippen LogP contribution in [0.4, 0.5) is 4.79 Å². The lowest BCUT2D eigenvalue weighted by atomic mass is 10.0. The number of ketones is 1. The Morgan fingerprint density at radius 1 is 1.32 bits per heavy atom. The molecule has 19 heavy (non-hydrogen) atoms. The van der Waals surface area contributed by atoms with E-state index in [1.54, 1.807) is 4.90 Å². The van der Waals surface area contributed by atoms with Crippen LogP contribution in [0.2, 0.25) is 0 Å². The van der Waals surface area contributed by atoms with Gasteiger partial charge in [0.25, 0.3) is 0 Å². The van der Waals surface area contributed by atoms with E-state index in [0.717, 1.165) is 25.9 Å². The van der Waals surface area contributed by atoms with Crippen LogP contribution in [-0.2, 0) is 9.53 Å². The first-order chi connectivity index (χ1) is 8.85. The minimum absolute atomic E-state index is 0.234. The SMILES string of the molecule is CC(C)(C)OC(=O)N1CCCC(N2CCC(=O)C2)C1. The largest absolute Gasteiger partial charge is 0.444 e. The highest BCUT2D eigenvalue weighted by molar-refractivity contribution is 5.82. The Hall–Kier alpha value is -1.10. The zero-order valence-electron chi connectivity index (χ0n) is 12.1. The molecule has 0 aromatic rings. The molecule has 2 aliphatic heterocycles. The van der Waals surface area contributed by atoms with E-state index in [1.807, 2.05) is 20.8 Å². The van der Waals surface area contributed by atoms with Crippen LogP contribution in [0.15, 0.2) is 0 Å². The Bertz CT molecular complexity index is 362. The van der Waals surface area contributed by atoms with Gasteiger partial charge in [-0.05, 0) is 33.6 Å². The average molecular weight is 268 g/mol. The minimum atomic E-state index is -0.451. The highest BCUT2D eigenvalue weighted by atomic mass is 16.6. The number of amides is 1. The van der Waals surface area contributed by atoms with Gasteiger partial charge in [0.1, 0.15) is 11.4 Å². The standard InChI is InChI=1S/C14H24N2O3/c1-14(2,3)19-13(18)16-7-4-5-11(9-16)15-8-6-12(17)10-15/h11H,4-10H2,1-3H3. The van der Waals surface area contributed by atoms with Crippen molar-refractivity contribution in [1.29, 1.82) is 0 Å². The molecule has 1 amide bonds. The molecule has 0 aromatic carbocycles. The number of carbonyl (C=O) groups excluding carboxylic acids is 2. The van der Waals surface area contributed by atoms with Crippen molar-refractivity contribution in [2.24, 2.45) is 0 Å². The van der Waals surface area contributed by atoms with Gasteiger partial charge in [-0.25, -0.2) is 4.79 Å². The lowest BCUT2D eigenvalue weighted by Gasteiger charge is -2.37. The Balaban J connectivity index is 1.90. The van der Waals surface area contributed by atoms with E-state index < -0.39 is 5.60 Å². The predicted octanol–water partition coefficient (Wildman–Crippen LogP) is 1.66. The molecule has 0 bridgehead atoms. The molecule has 1 atom stereocenters. The number of rotatable bonds is 1. The van der Waals surface area contributed by atoms with Crippen molar-refractivity contribution in [3.63, 3.8) is 0 Å². The summed E-state index contributed by atoms with van der Waals surface area (Å²) in [5.41, 5.74) is -0.451. The molecule has 2 fully saturated rings. The smallest absolute Gasteiger partial charge is 0.410 e. The second-order valence-electron chi connectivity index (χ2n) is 6.48. The first-order valence-electron chi connectivity index (χ1n) is 7.09. The van der Waals surface area contributed by atoms with Crippen LogP contribution in [-0.4, -0.2) is 59.5 Å². The van der Waals surface area contributed by atoms with Gasteiger partial charge in [0.2, 0.25) is 0 Å². The minimum Gasteiger partial charge on any atom is -0.444 e. The van der Waals surface area contributed by atoms with Crippen LogP contribution in [0.1, 0.15) is 40.0 Å². The van der Waals surface area contributed by atoms with E-state index in [-0.39, 0.29) is 6.09 Å². The van der Waals surface area contributed by atoms with E-state index in [4.69, 9.17) is 4.74 Å². The van der Waals surface area contributed by atoms with Crippen molar-refractivity contribution in [2.45, 2.75) is 51.7 Å². The Morgan fingerprint density at radius 3 is 2.63 bits per heavy atom. The molecule has 2 rings (SSSR count). The summed E-state index contributed by atoms with van der Waals surface area (Å²) in [4.78, 5) is 27.4. The third kappa shape index (κ3) is 3.93. The summed E-state index contributed by atoms with van der Waals surface area (Å²) in [6, 6.07) is 0.313. The molecular weight excluding hydrogens is 244 g/mol. The summed E-state index contributed by atoms with van der Waals surface area (Å²) < 4.78 is 5.41. The summed E-state index contributed by atoms with van der Waals surface area (Å²) in [5.74, 6) is 0.314. The van der Waals surface area contributed by atoms with Crippen molar-refractivity contribution in [3.8, 4) is 0 Å². The number of Topliss-reactive ketones (excluding diaryl/α,β-unsaturated/α-hetero) is 1. The average Bonchev–Trinajstić information content (AvgIpc) is 2.74. The summed E-state index contributed by atoms with van der Waals surface area (Å²) >= 11 is 0. The monoisotopic (exact) mass is 268 g/mol. The van der Waals surface area contributed by atoms with Gasteiger partial charge in [-0.15, -0.1) is 0 Å². The molecule has 0 aromatic heterocycles. The van der Waals surface area contributed by atoms with E-state index in [1.165, 1.54) is 0 Å². The van der Waals surface area contributed by atoms with Crippen molar-refractivity contribution < 1.29 is 14.3 Å². The summed E-state index contributed by atoms with van der Waals surface area (Å²) in [7, 11) is 0. The number of nitrogens with zero attached hydrogens (tertiary/aromatic N) is 2. The highest BCUT2D eigenvalue weighted by Crippen LogP contribution is 2.21. The fourth-order valence-corrected chi connectivity index (χ4v) is 2.71. The summed E-state index contributed by atoms with van der Waals surface area (Å²) in [6.07, 6.45) is 2.46. The molecule has 0 spiro atoms. The van der Waals surface area contributed by atoms with Gasteiger partial charge < -0.3 is 9.64 Å². The number of carbonyl (C=O) groups is 2. The molecule has 1 unspecified atom stereocenters. The van der Waals surface area contributed by atoms with Crippen molar-refractivity contribution in [1.82, 2.24) is 9.80 Å². The normalized spacial score (nSPS) is 25.7. The highest BCUT2D eigenvalue weighted by Gasteiger charge is 2.33. The molecule has 5 nitrogen and oxygen atoms in total. The molecule has 2 aliphatic rings. The van der Waals surface area contributed by atoms with E-state index in [2.05, 4.69) is 4.90 Å². The molecule has 0 N–H and O–H groups in total. The maximum atomic E-state index is 12.1. The van der Waals surface area contributed by atoms with Gasteiger partial charge in [-0.3, -0.25) is 9.69 Å². The summed E-state index contributed by atoms with van der Waals surface area (Å²) in [5, 5.41) is 0. The molecule has 108 valence electrons. The number of likely N-dealkylation sites (tertiary alicyclic amines) is 2. The second-order valence-corrected chi connectivity index (χ2v) is 6.48. The van der Waals surface area contributed by atoms with Crippen LogP contribution < -0.4 is 0 Å². The third-order valence-electron chi connectivity index (χ3n) is 3.62. The fourth-order valence-electron chi connectivity index (χ4n) is 2.71. The Labute approximate surface area is 114 Å². The maximum Gasteiger partial charge on any atom is 0.410 e. The van der Waals surface area contributed by atoms with E-state index >= 15 is 0 Å². The Kier molecular flexibility index (Phi) is 4.13. The predicted molar refractivity (Wildman–Crippen MR) is 72.0 cm³/mol. The number of ether oxygens (including phenoxy) is 1. The van der Waals surface area contributed by atoms with Crippen molar-refractivity contribution in [2.75, 3.05) is 26.2 Å². The first kappa shape index (κ1) is 14.3. The number of hydrogen-bond donors (Lipinski definition) is 0. The lowest BCUT2D eigenvalue weighted by Crippen LogP contribution is -2.50. The molecule has 2 saturated heterocycles. The number of piperidine rings is 1. The molecule has 0 aliphatic carbocycles. The van der Waals surface area contributed by atoms with Gasteiger partial charge in [-0.2, -0.15) is 0 Å². The molecule has 0 radical (unpaired) electrons. The van der Waals surface area contributed by atoms with Crippen molar-refractivity contribution >= 4 is 11.9 Å². The molecule has 5 heteroatoms. The third-order valence-corrected chi connectivity index (χ3v) is 3.62. The van der Waals surface area contributed by atoms with Gasteiger partial charge in [0.15, 0.2) is 0 Å². The topological polar surface area (TPSA) is 49.9 Å². The first-order valence-corrected chi connectivity index (χ1v) is 7.09. The van der Waals surface area contributed by atoms with Crippen LogP contribution in [0.25, 0.3) is 0 Å². The molecular formula is C14H24N2O3. The lowest BCUT2D eigenvalue weighted by molar-refractivity contribution is -0.117. The fraction of sp³-hybridized carbons (Fsp3) is 0.857. The Morgan fingerprint density at radius 2 is 2.05 bits per heavy atom. The van der Waals surface area contributed by atoms with Gasteiger partial charge >= 0.3 is 6.09 Å². The summed E-state index contributed by atoms with van der Waals surface area (Å²) in [6.45, 7) is 8.47. The zero-order chi connectivity index (χ0) is 14.0. The zero-order valence-corrected chi connectivity index (χ0v) is 12.1.